The van der Waals surface area contributed by atoms with E-state index < -0.39 is 6.10 Å². The highest BCUT2D eigenvalue weighted by molar-refractivity contribution is 5.71. The molecular formula is C50H96O6. The van der Waals surface area contributed by atoms with Crippen LogP contribution < -0.4 is 0 Å². The molecule has 0 saturated heterocycles. The second kappa shape index (κ2) is 43.0. The number of carbonyl (C=O) groups is 3. The molecule has 6 nitrogen and oxygen atoms in total. The monoisotopic (exact) mass is 793 g/mol. The Hall–Kier alpha value is -1.59. The summed E-state index contributed by atoms with van der Waals surface area (Å²) in [5, 5.41) is 0. The Kier molecular flexibility index (Phi) is 41.8. The number of carbonyl (C=O) groups excluding carboxylic acids is 3. The van der Waals surface area contributed by atoms with Crippen LogP contribution in [0.5, 0.6) is 0 Å². The number of esters is 3. The molecule has 0 aliphatic rings. The van der Waals surface area contributed by atoms with Crippen molar-refractivity contribution >= 4 is 17.9 Å². The van der Waals surface area contributed by atoms with E-state index in [1.54, 1.807) is 0 Å². The van der Waals surface area contributed by atoms with E-state index in [1.807, 2.05) is 0 Å². The first-order chi connectivity index (χ1) is 27.3. The van der Waals surface area contributed by atoms with Crippen molar-refractivity contribution in [2.45, 2.75) is 278 Å². The molecule has 0 aromatic rings. The largest absolute Gasteiger partial charge is 0.462 e. The average molecular weight is 793 g/mol. The molecule has 2 atom stereocenters. The summed E-state index contributed by atoms with van der Waals surface area (Å²) < 4.78 is 16.8. The van der Waals surface area contributed by atoms with Gasteiger partial charge in [0.1, 0.15) is 13.2 Å². The van der Waals surface area contributed by atoms with E-state index in [4.69, 9.17) is 14.2 Å². The first kappa shape index (κ1) is 54.4. The molecule has 0 fully saturated rings. The number of ether oxygens (including phenoxy) is 3. The summed E-state index contributed by atoms with van der Waals surface area (Å²) in [5.41, 5.74) is 0. The Morgan fingerprint density at radius 1 is 0.375 bits per heavy atom. The third-order valence-electron chi connectivity index (χ3n) is 11.6. The predicted molar refractivity (Wildman–Crippen MR) is 238 cm³/mol. The van der Waals surface area contributed by atoms with Crippen molar-refractivity contribution in [3.05, 3.63) is 0 Å². The Labute approximate surface area is 348 Å². The molecule has 0 radical (unpaired) electrons. The molecule has 0 saturated carbocycles. The second-order valence-electron chi connectivity index (χ2n) is 17.8. The Bertz CT molecular complexity index is 856. The third-order valence-corrected chi connectivity index (χ3v) is 11.6. The van der Waals surface area contributed by atoms with Crippen LogP contribution in [-0.4, -0.2) is 37.2 Å². The minimum Gasteiger partial charge on any atom is -0.462 e. The molecule has 0 bridgehead atoms. The van der Waals surface area contributed by atoms with Crippen LogP contribution in [0.4, 0.5) is 0 Å². The molecule has 0 aromatic carbocycles. The van der Waals surface area contributed by atoms with Crippen LogP contribution in [0.15, 0.2) is 0 Å². The van der Waals surface area contributed by atoms with E-state index in [0.29, 0.717) is 19.3 Å². The van der Waals surface area contributed by atoms with Gasteiger partial charge in [-0.05, 0) is 31.1 Å². The maximum absolute atomic E-state index is 12.7. The highest BCUT2D eigenvalue weighted by atomic mass is 16.6. The molecule has 0 amide bonds. The highest BCUT2D eigenvalue weighted by Crippen LogP contribution is 2.17. The minimum atomic E-state index is -0.761. The first-order valence-electron chi connectivity index (χ1n) is 24.8. The maximum atomic E-state index is 12.7. The molecule has 0 N–H and O–H groups in total. The smallest absolute Gasteiger partial charge is 0.306 e. The van der Waals surface area contributed by atoms with Gasteiger partial charge in [-0.3, -0.25) is 14.4 Å². The van der Waals surface area contributed by atoms with Crippen molar-refractivity contribution in [2.75, 3.05) is 13.2 Å². The average Bonchev–Trinajstić information content (AvgIpc) is 3.18. The lowest BCUT2D eigenvalue weighted by molar-refractivity contribution is -0.167. The van der Waals surface area contributed by atoms with Crippen LogP contribution >= 0.6 is 0 Å². The minimum absolute atomic E-state index is 0.0649. The van der Waals surface area contributed by atoms with Gasteiger partial charge in [0, 0.05) is 19.3 Å². The third kappa shape index (κ3) is 42.0. The first-order valence-corrected chi connectivity index (χ1v) is 24.8. The quantitative estimate of drug-likeness (QED) is 0.0347. The molecule has 332 valence electrons. The van der Waals surface area contributed by atoms with Crippen molar-refractivity contribution in [2.24, 2.45) is 11.8 Å². The van der Waals surface area contributed by atoms with Crippen molar-refractivity contribution in [1.29, 1.82) is 0 Å². The molecule has 1 unspecified atom stereocenters. The van der Waals surface area contributed by atoms with Crippen molar-refractivity contribution in [1.82, 2.24) is 0 Å². The Balaban J connectivity index is 4.29. The van der Waals surface area contributed by atoms with Crippen LogP contribution in [-0.2, 0) is 28.6 Å². The summed E-state index contributed by atoms with van der Waals surface area (Å²) in [6.07, 6.45) is 42.3. The SMILES string of the molecule is CCCCCCCCCCCCCCC(=O)OC[C@H](COC(=O)CCCCCCCCCCCCCCCC(C)C)OC(=O)CCCCCCCCC(C)CC. The summed E-state index contributed by atoms with van der Waals surface area (Å²) >= 11 is 0. The number of hydrogen-bond donors (Lipinski definition) is 0. The van der Waals surface area contributed by atoms with Gasteiger partial charge in [-0.25, -0.2) is 0 Å². The zero-order chi connectivity index (χ0) is 41.2. The normalized spacial score (nSPS) is 12.5. The van der Waals surface area contributed by atoms with Crippen molar-refractivity contribution in [3.63, 3.8) is 0 Å². The van der Waals surface area contributed by atoms with Gasteiger partial charge in [0.25, 0.3) is 0 Å². The van der Waals surface area contributed by atoms with Gasteiger partial charge in [-0.15, -0.1) is 0 Å². The molecule has 6 heteroatoms. The van der Waals surface area contributed by atoms with E-state index in [2.05, 4.69) is 34.6 Å². The Morgan fingerprint density at radius 3 is 1.02 bits per heavy atom. The molecular weight excluding hydrogens is 697 g/mol. The predicted octanol–water partition coefficient (Wildman–Crippen LogP) is 15.8. The fourth-order valence-corrected chi connectivity index (χ4v) is 7.43. The molecule has 0 aromatic heterocycles. The van der Waals surface area contributed by atoms with Crippen molar-refractivity contribution in [3.8, 4) is 0 Å². The fourth-order valence-electron chi connectivity index (χ4n) is 7.43. The van der Waals surface area contributed by atoms with E-state index in [9.17, 15) is 14.4 Å². The van der Waals surface area contributed by atoms with Crippen LogP contribution in [0.3, 0.4) is 0 Å². The highest BCUT2D eigenvalue weighted by Gasteiger charge is 2.19. The molecule has 56 heavy (non-hydrogen) atoms. The van der Waals surface area contributed by atoms with Gasteiger partial charge in [-0.1, -0.05) is 234 Å². The Morgan fingerprint density at radius 2 is 0.679 bits per heavy atom. The maximum Gasteiger partial charge on any atom is 0.306 e. The summed E-state index contributed by atoms with van der Waals surface area (Å²) in [7, 11) is 0. The summed E-state index contributed by atoms with van der Waals surface area (Å²) in [6, 6.07) is 0. The van der Waals surface area contributed by atoms with E-state index in [-0.39, 0.29) is 31.1 Å². The van der Waals surface area contributed by atoms with Gasteiger partial charge in [0.2, 0.25) is 0 Å². The summed E-state index contributed by atoms with van der Waals surface area (Å²) in [6.45, 7) is 11.3. The van der Waals surface area contributed by atoms with Crippen LogP contribution in [0, 0.1) is 11.8 Å². The standard InChI is InChI=1S/C50H96O6/c1-6-8-9-10-11-12-13-18-21-24-30-35-40-48(51)54-43-47(56-50(53)42-37-32-27-26-29-34-39-46(5)7-2)44-55-49(52)41-36-31-25-22-19-16-14-15-17-20-23-28-33-38-45(3)4/h45-47H,6-44H2,1-5H3/t46?,47-/m1/s1. The van der Waals surface area contributed by atoms with Gasteiger partial charge < -0.3 is 14.2 Å². The van der Waals surface area contributed by atoms with Crippen LogP contribution in [0.25, 0.3) is 0 Å². The lowest BCUT2D eigenvalue weighted by Gasteiger charge is -2.18. The second-order valence-corrected chi connectivity index (χ2v) is 17.8. The summed E-state index contributed by atoms with van der Waals surface area (Å²) in [4.78, 5) is 37.8. The van der Waals surface area contributed by atoms with E-state index in [1.165, 1.54) is 161 Å². The molecule has 0 spiro atoms. The molecule has 0 rings (SSSR count). The van der Waals surface area contributed by atoms with Crippen LogP contribution in [0.2, 0.25) is 0 Å². The van der Waals surface area contributed by atoms with Gasteiger partial charge >= 0.3 is 17.9 Å². The van der Waals surface area contributed by atoms with Crippen LogP contribution in [0.1, 0.15) is 272 Å². The van der Waals surface area contributed by atoms with Gasteiger partial charge in [0.15, 0.2) is 6.10 Å². The van der Waals surface area contributed by atoms with E-state index in [0.717, 1.165) is 69.6 Å². The number of hydrogen-bond acceptors (Lipinski definition) is 6. The number of unbranched alkanes of at least 4 members (excludes halogenated alkanes) is 28. The molecule has 0 heterocycles. The van der Waals surface area contributed by atoms with Crippen molar-refractivity contribution < 1.29 is 28.6 Å². The topological polar surface area (TPSA) is 78.9 Å². The summed E-state index contributed by atoms with van der Waals surface area (Å²) in [5.74, 6) is 0.795. The van der Waals surface area contributed by atoms with E-state index >= 15 is 0 Å². The van der Waals surface area contributed by atoms with Gasteiger partial charge in [0.05, 0.1) is 0 Å². The lowest BCUT2D eigenvalue weighted by Crippen LogP contribution is -2.30. The lowest BCUT2D eigenvalue weighted by atomic mass is 10.00. The zero-order valence-corrected chi connectivity index (χ0v) is 38.3. The molecule has 0 aliphatic carbocycles. The molecule has 0 aliphatic heterocycles. The van der Waals surface area contributed by atoms with Gasteiger partial charge in [-0.2, -0.15) is 0 Å². The zero-order valence-electron chi connectivity index (χ0n) is 38.3. The fraction of sp³-hybridized carbons (Fsp3) is 0.940. The number of rotatable bonds is 44.